The number of methoxy groups -OCH3 is 2. The van der Waals surface area contributed by atoms with Gasteiger partial charge in [-0.05, 0) is 49.6 Å². The maximum atomic E-state index is 14.6. The molecule has 1 heterocycles. The highest BCUT2D eigenvalue weighted by Gasteiger charge is 2.15. The minimum atomic E-state index is -0.409. The SMILES string of the molecule is CCCn1cc(-c2cc(F)c(C=COC)c(OC)c2)c(C)c(C)c1=O. The quantitative estimate of drug-likeness (QED) is 0.733. The second kappa shape index (κ2) is 8.01. The van der Waals surface area contributed by atoms with Gasteiger partial charge in [-0.25, -0.2) is 4.39 Å². The van der Waals surface area contributed by atoms with Gasteiger partial charge >= 0.3 is 0 Å². The molecule has 1 aromatic carbocycles. The van der Waals surface area contributed by atoms with Gasteiger partial charge in [0, 0.05) is 23.9 Å². The Morgan fingerprint density at radius 2 is 1.92 bits per heavy atom. The van der Waals surface area contributed by atoms with Crippen LogP contribution in [0.2, 0.25) is 0 Å². The largest absolute Gasteiger partial charge is 0.504 e. The van der Waals surface area contributed by atoms with Gasteiger partial charge in [0.1, 0.15) is 11.6 Å². The molecule has 0 radical (unpaired) electrons. The predicted octanol–water partition coefficient (Wildman–Crippen LogP) is 4.31. The molecule has 25 heavy (non-hydrogen) atoms. The third-order valence-electron chi connectivity index (χ3n) is 4.29. The number of aryl methyl sites for hydroxylation is 1. The van der Waals surface area contributed by atoms with Crippen molar-refractivity contribution in [1.29, 1.82) is 0 Å². The molecule has 0 fully saturated rings. The average Bonchev–Trinajstić information content (AvgIpc) is 2.60. The second-order valence-electron chi connectivity index (χ2n) is 5.90. The number of aromatic nitrogens is 1. The lowest BCUT2D eigenvalue weighted by molar-refractivity contribution is 0.341. The van der Waals surface area contributed by atoms with Gasteiger partial charge in [-0.2, -0.15) is 0 Å². The van der Waals surface area contributed by atoms with Crippen molar-refractivity contribution in [1.82, 2.24) is 4.57 Å². The summed E-state index contributed by atoms with van der Waals surface area (Å²) < 4.78 is 26.5. The third-order valence-corrected chi connectivity index (χ3v) is 4.29. The van der Waals surface area contributed by atoms with Crippen molar-refractivity contribution >= 4 is 6.08 Å². The first-order chi connectivity index (χ1) is 11.9. The summed E-state index contributed by atoms with van der Waals surface area (Å²) in [5.41, 5.74) is 3.34. The van der Waals surface area contributed by atoms with Crippen LogP contribution in [-0.2, 0) is 11.3 Å². The van der Waals surface area contributed by atoms with Gasteiger partial charge in [0.25, 0.3) is 5.56 Å². The normalized spacial score (nSPS) is 11.1. The molecule has 5 heteroatoms. The van der Waals surface area contributed by atoms with Gasteiger partial charge < -0.3 is 14.0 Å². The molecule has 0 bridgehead atoms. The van der Waals surface area contributed by atoms with Crippen LogP contribution in [0.5, 0.6) is 5.75 Å². The molecule has 0 unspecified atom stereocenters. The van der Waals surface area contributed by atoms with Crippen molar-refractivity contribution in [3.05, 3.63) is 57.5 Å². The number of ether oxygens (including phenoxy) is 2. The number of nitrogens with zero attached hydrogens (tertiary/aromatic N) is 1. The molecule has 0 aliphatic heterocycles. The first-order valence-electron chi connectivity index (χ1n) is 8.22. The van der Waals surface area contributed by atoms with Crippen molar-refractivity contribution in [2.24, 2.45) is 0 Å². The highest BCUT2D eigenvalue weighted by Crippen LogP contribution is 2.32. The van der Waals surface area contributed by atoms with Crippen molar-refractivity contribution in [3.8, 4) is 16.9 Å². The fourth-order valence-corrected chi connectivity index (χ4v) is 2.80. The molecule has 2 rings (SSSR count). The first kappa shape index (κ1) is 18.8. The monoisotopic (exact) mass is 345 g/mol. The Bertz CT molecular complexity index is 853. The summed E-state index contributed by atoms with van der Waals surface area (Å²) in [5.74, 6) is 0.00143. The summed E-state index contributed by atoms with van der Waals surface area (Å²) in [4.78, 5) is 12.4. The van der Waals surface area contributed by atoms with Gasteiger partial charge in [0.2, 0.25) is 0 Å². The van der Waals surface area contributed by atoms with Gasteiger partial charge in [0.15, 0.2) is 0 Å². The molecule has 0 saturated heterocycles. The van der Waals surface area contributed by atoms with E-state index in [4.69, 9.17) is 9.47 Å². The Morgan fingerprint density at radius 1 is 1.20 bits per heavy atom. The molecule has 0 aliphatic rings. The van der Waals surface area contributed by atoms with E-state index in [1.54, 1.807) is 23.8 Å². The maximum Gasteiger partial charge on any atom is 0.253 e. The highest BCUT2D eigenvalue weighted by atomic mass is 19.1. The van der Waals surface area contributed by atoms with Crippen molar-refractivity contribution < 1.29 is 13.9 Å². The molecule has 0 amide bonds. The van der Waals surface area contributed by atoms with E-state index in [0.29, 0.717) is 29.0 Å². The van der Waals surface area contributed by atoms with E-state index in [0.717, 1.165) is 17.5 Å². The van der Waals surface area contributed by atoms with Gasteiger partial charge in [0.05, 0.1) is 26.0 Å². The lowest BCUT2D eigenvalue weighted by Crippen LogP contribution is -2.23. The van der Waals surface area contributed by atoms with Crippen LogP contribution in [0.1, 0.15) is 30.0 Å². The molecule has 4 nitrogen and oxygen atoms in total. The van der Waals surface area contributed by atoms with Crippen LogP contribution >= 0.6 is 0 Å². The molecule has 0 atom stereocenters. The van der Waals surface area contributed by atoms with Crippen molar-refractivity contribution in [2.75, 3.05) is 14.2 Å². The Kier molecular flexibility index (Phi) is 6.02. The third kappa shape index (κ3) is 3.76. The minimum absolute atomic E-state index is 0.00446. The van der Waals surface area contributed by atoms with Gasteiger partial charge in [-0.3, -0.25) is 4.79 Å². The predicted molar refractivity (Wildman–Crippen MR) is 98.5 cm³/mol. The van der Waals surface area contributed by atoms with Crippen LogP contribution in [0.3, 0.4) is 0 Å². The summed E-state index contributed by atoms with van der Waals surface area (Å²) in [6, 6.07) is 3.24. The number of halogens is 1. The molecule has 0 aliphatic carbocycles. The molecular weight excluding hydrogens is 321 g/mol. The van der Waals surface area contributed by atoms with Crippen LogP contribution in [-0.4, -0.2) is 18.8 Å². The summed E-state index contributed by atoms with van der Waals surface area (Å²) in [5, 5.41) is 0. The fraction of sp³-hybridized carbons (Fsp3) is 0.350. The molecule has 2 aromatic rings. The molecule has 0 saturated carbocycles. The topological polar surface area (TPSA) is 40.5 Å². The Balaban J connectivity index is 2.68. The van der Waals surface area contributed by atoms with Crippen molar-refractivity contribution in [2.45, 2.75) is 33.7 Å². The van der Waals surface area contributed by atoms with Gasteiger partial charge in [-0.15, -0.1) is 0 Å². The zero-order chi connectivity index (χ0) is 18.6. The lowest BCUT2D eigenvalue weighted by Gasteiger charge is -2.15. The highest BCUT2D eigenvalue weighted by molar-refractivity contribution is 5.72. The molecular formula is C20H24FNO3. The summed E-state index contributed by atoms with van der Waals surface area (Å²) >= 11 is 0. The van der Waals surface area contributed by atoms with Crippen LogP contribution in [0.15, 0.2) is 29.4 Å². The van der Waals surface area contributed by atoms with Crippen LogP contribution < -0.4 is 10.3 Å². The zero-order valence-corrected chi connectivity index (χ0v) is 15.4. The zero-order valence-electron chi connectivity index (χ0n) is 15.4. The lowest BCUT2D eigenvalue weighted by atomic mass is 9.97. The standard InChI is InChI=1S/C20H24FNO3/c1-6-8-22-12-17(13(2)14(3)20(22)23)15-10-18(21)16(7-9-24-4)19(11-15)25-5/h7,9-12H,6,8H2,1-5H3. The number of rotatable bonds is 6. The van der Waals surface area contributed by atoms with E-state index in [1.807, 2.05) is 13.8 Å². The van der Waals surface area contributed by atoms with E-state index >= 15 is 0 Å². The molecule has 0 spiro atoms. The molecule has 134 valence electrons. The van der Waals surface area contributed by atoms with Gasteiger partial charge in [-0.1, -0.05) is 6.92 Å². The number of hydrogen-bond acceptors (Lipinski definition) is 3. The fourth-order valence-electron chi connectivity index (χ4n) is 2.80. The number of hydrogen-bond donors (Lipinski definition) is 0. The van der Waals surface area contributed by atoms with Crippen LogP contribution in [0.25, 0.3) is 17.2 Å². The van der Waals surface area contributed by atoms with E-state index in [-0.39, 0.29) is 5.56 Å². The van der Waals surface area contributed by atoms with Crippen LogP contribution in [0, 0.1) is 19.7 Å². The Labute approximate surface area is 147 Å². The average molecular weight is 345 g/mol. The van der Waals surface area contributed by atoms with E-state index in [2.05, 4.69) is 0 Å². The minimum Gasteiger partial charge on any atom is -0.504 e. The van der Waals surface area contributed by atoms with Crippen molar-refractivity contribution in [3.63, 3.8) is 0 Å². The first-order valence-corrected chi connectivity index (χ1v) is 8.22. The summed E-state index contributed by atoms with van der Waals surface area (Å²) in [6.07, 6.45) is 5.57. The Morgan fingerprint density at radius 3 is 2.52 bits per heavy atom. The second-order valence-corrected chi connectivity index (χ2v) is 5.90. The number of benzene rings is 1. The van der Waals surface area contributed by atoms with E-state index in [1.165, 1.54) is 32.6 Å². The summed E-state index contributed by atoms with van der Waals surface area (Å²) in [7, 11) is 3.00. The summed E-state index contributed by atoms with van der Waals surface area (Å²) in [6.45, 7) is 6.32. The molecule has 1 aromatic heterocycles. The smallest absolute Gasteiger partial charge is 0.253 e. The Hall–Kier alpha value is -2.56. The maximum absolute atomic E-state index is 14.6. The molecule has 0 N–H and O–H groups in total. The number of pyridine rings is 1. The van der Waals surface area contributed by atoms with Crippen LogP contribution in [0.4, 0.5) is 4.39 Å². The van der Waals surface area contributed by atoms with E-state index < -0.39 is 5.82 Å². The van der Waals surface area contributed by atoms with E-state index in [9.17, 15) is 9.18 Å².